The first-order chi connectivity index (χ1) is 6.77. The second-order valence-electron chi connectivity index (χ2n) is 3.79. The van der Waals surface area contributed by atoms with Crippen LogP contribution in [-0.2, 0) is 9.47 Å². The minimum Gasteiger partial charge on any atom is -0.348 e. The summed E-state index contributed by atoms with van der Waals surface area (Å²) in [5.74, 6) is 0. The fourth-order valence-corrected chi connectivity index (χ4v) is 1.68. The molecule has 1 fully saturated rings. The Bertz CT molecular complexity index is 314. The van der Waals surface area contributed by atoms with Crippen LogP contribution >= 0.6 is 0 Å². The second-order valence-corrected chi connectivity index (χ2v) is 3.79. The Kier molecular flexibility index (Phi) is 2.85. The molecule has 0 unspecified atom stereocenters. The van der Waals surface area contributed by atoms with Crippen molar-refractivity contribution in [2.24, 2.45) is 0 Å². The molecule has 76 valence electrons. The molecule has 1 heterocycles. The van der Waals surface area contributed by atoms with Crippen molar-refractivity contribution in [2.75, 3.05) is 13.2 Å². The van der Waals surface area contributed by atoms with Crippen LogP contribution in [0, 0.1) is 13.8 Å². The highest BCUT2D eigenvalue weighted by atomic mass is 16.7. The van der Waals surface area contributed by atoms with Gasteiger partial charge in [0.2, 0.25) is 0 Å². The van der Waals surface area contributed by atoms with E-state index in [4.69, 9.17) is 9.47 Å². The maximum Gasteiger partial charge on any atom is 0.184 e. The summed E-state index contributed by atoms with van der Waals surface area (Å²) in [6, 6.07) is 6.37. The average Bonchev–Trinajstić information content (AvgIpc) is 2.23. The number of aryl methyl sites for hydroxylation is 2. The summed E-state index contributed by atoms with van der Waals surface area (Å²) in [4.78, 5) is 0. The van der Waals surface area contributed by atoms with Crippen LogP contribution in [0.15, 0.2) is 18.2 Å². The van der Waals surface area contributed by atoms with Gasteiger partial charge in [-0.1, -0.05) is 23.8 Å². The summed E-state index contributed by atoms with van der Waals surface area (Å²) < 4.78 is 11.2. The highest BCUT2D eigenvalue weighted by Crippen LogP contribution is 2.26. The lowest BCUT2D eigenvalue weighted by atomic mass is 10.1. The Morgan fingerprint density at radius 3 is 2.57 bits per heavy atom. The largest absolute Gasteiger partial charge is 0.348 e. The molecular formula is C12H16O2. The van der Waals surface area contributed by atoms with E-state index in [0.717, 1.165) is 19.6 Å². The normalized spacial score (nSPS) is 18.4. The van der Waals surface area contributed by atoms with Crippen LogP contribution in [0.25, 0.3) is 0 Å². The molecule has 1 aliphatic rings. The zero-order valence-electron chi connectivity index (χ0n) is 8.75. The first kappa shape index (κ1) is 9.69. The monoisotopic (exact) mass is 192 g/mol. The van der Waals surface area contributed by atoms with E-state index in [9.17, 15) is 0 Å². The Hall–Kier alpha value is -0.860. The highest BCUT2D eigenvalue weighted by Gasteiger charge is 2.18. The molecule has 0 radical (unpaired) electrons. The molecule has 2 heteroatoms. The van der Waals surface area contributed by atoms with E-state index in [1.165, 1.54) is 16.7 Å². The van der Waals surface area contributed by atoms with Gasteiger partial charge in [0.25, 0.3) is 0 Å². The first-order valence-electron chi connectivity index (χ1n) is 5.08. The highest BCUT2D eigenvalue weighted by molar-refractivity contribution is 5.31. The van der Waals surface area contributed by atoms with E-state index in [1.54, 1.807) is 0 Å². The fourth-order valence-electron chi connectivity index (χ4n) is 1.68. The molecule has 2 rings (SSSR count). The van der Waals surface area contributed by atoms with Crippen molar-refractivity contribution >= 4 is 0 Å². The summed E-state index contributed by atoms with van der Waals surface area (Å²) in [6.45, 7) is 5.79. The molecular weight excluding hydrogens is 176 g/mol. The molecule has 1 aromatic rings. The predicted molar refractivity (Wildman–Crippen MR) is 55.2 cm³/mol. The summed E-state index contributed by atoms with van der Waals surface area (Å²) in [7, 11) is 0. The van der Waals surface area contributed by atoms with Crippen LogP contribution in [0.3, 0.4) is 0 Å². The third-order valence-corrected chi connectivity index (χ3v) is 2.52. The molecule has 0 amide bonds. The molecule has 1 saturated heterocycles. The van der Waals surface area contributed by atoms with Gasteiger partial charge in [-0.15, -0.1) is 0 Å². The topological polar surface area (TPSA) is 18.5 Å². The summed E-state index contributed by atoms with van der Waals surface area (Å²) in [5, 5.41) is 0. The van der Waals surface area contributed by atoms with Crippen LogP contribution in [-0.4, -0.2) is 13.2 Å². The molecule has 0 saturated carbocycles. The number of ether oxygens (including phenoxy) is 2. The smallest absolute Gasteiger partial charge is 0.184 e. The summed E-state index contributed by atoms with van der Waals surface area (Å²) in [5.41, 5.74) is 3.66. The molecule has 0 bridgehead atoms. The van der Waals surface area contributed by atoms with Gasteiger partial charge in [-0.05, 0) is 25.8 Å². The molecule has 14 heavy (non-hydrogen) atoms. The van der Waals surface area contributed by atoms with E-state index >= 15 is 0 Å². The minimum absolute atomic E-state index is 0.149. The maximum absolute atomic E-state index is 5.58. The number of hydrogen-bond donors (Lipinski definition) is 0. The van der Waals surface area contributed by atoms with Crippen molar-refractivity contribution in [3.05, 3.63) is 34.9 Å². The van der Waals surface area contributed by atoms with Gasteiger partial charge in [-0.3, -0.25) is 0 Å². The molecule has 2 nitrogen and oxygen atoms in total. The van der Waals surface area contributed by atoms with Crippen LogP contribution in [0.4, 0.5) is 0 Å². The number of hydrogen-bond acceptors (Lipinski definition) is 2. The van der Waals surface area contributed by atoms with Crippen LogP contribution < -0.4 is 0 Å². The van der Waals surface area contributed by atoms with Crippen molar-refractivity contribution in [3.63, 3.8) is 0 Å². The molecule has 0 spiro atoms. The van der Waals surface area contributed by atoms with E-state index in [0.29, 0.717) is 0 Å². The molecule has 0 aliphatic carbocycles. The molecule has 1 aliphatic heterocycles. The van der Waals surface area contributed by atoms with Crippen molar-refractivity contribution in [2.45, 2.75) is 26.6 Å². The van der Waals surface area contributed by atoms with Crippen molar-refractivity contribution in [1.82, 2.24) is 0 Å². The van der Waals surface area contributed by atoms with Gasteiger partial charge in [0.1, 0.15) is 0 Å². The Morgan fingerprint density at radius 1 is 1.14 bits per heavy atom. The van der Waals surface area contributed by atoms with Crippen LogP contribution in [0.2, 0.25) is 0 Å². The van der Waals surface area contributed by atoms with Gasteiger partial charge in [0.15, 0.2) is 6.29 Å². The summed E-state index contributed by atoms with van der Waals surface area (Å²) >= 11 is 0. The fraction of sp³-hybridized carbons (Fsp3) is 0.500. The minimum atomic E-state index is -0.149. The first-order valence-corrected chi connectivity index (χ1v) is 5.08. The second kappa shape index (κ2) is 4.11. The van der Waals surface area contributed by atoms with Crippen LogP contribution in [0.1, 0.15) is 29.4 Å². The summed E-state index contributed by atoms with van der Waals surface area (Å²) in [6.07, 6.45) is 0.852. The van der Waals surface area contributed by atoms with Crippen molar-refractivity contribution < 1.29 is 9.47 Å². The number of rotatable bonds is 1. The lowest BCUT2D eigenvalue weighted by Crippen LogP contribution is -2.18. The van der Waals surface area contributed by atoms with E-state index < -0.39 is 0 Å². The van der Waals surface area contributed by atoms with E-state index in [1.807, 2.05) is 0 Å². The Labute approximate surface area is 84.8 Å². The van der Waals surface area contributed by atoms with Gasteiger partial charge < -0.3 is 9.47 Å². The zero-order chi connectivity index (χ0) is 9.97. The molecule has 0 N–H and O–H groups in total. The van der Waals surface area contributed by atoms with Crippen molar-refractivity contribution in [3.8, 4) is 0 Å². The zero-order valence-corrected chi connectivity index (χ0v) is 8.75. The third-order valence-electron chi connectivity index (χ3n) is 2.52. The molecule has 0 atom stereocenters. The lowest BCUT2D eigenvalue weighted by molar-refractivity contribution is -0.183. The van der Waals surface area contributed by atoms with Gasteiger partial charge in [0.05, 0.1) is 13.2 Å². The quantitative estimate of drug-likeness (QED) is 0.681. The Morgan fingerprint density at radius 2 is 1.86 bits per heavy atom. The van der Waals surface area contributed by atoms with Crippen LogP contribution in [0.5, 0.6) is 0 Å². The molecule has 0 aromatic heterocycles. The third kappa shape index (κ3) is 1.97. The van der Waals surface area contributed by atoms with Crippen molar-refractivity contribution in [1.29, 1.82) is 0 Å². The van der Waals surface area contributed by atoms with E-state index in [-0.39, 0.29) is 6.29 Å². The standard InChI is InChI=1S/C12H16O2/c1-9-4-5-10(2)11(8-9)12-13-6-3-7-14-12/h4-5,8,12H,3,6-7H2,1-2H3. The van der Waals surface area contributed by atoms with Gasteiger partial charge >= 0.3 is 0 Å². The lowest BCUT2D eigenvalue weighted by Gasteiger charge is -2.25. The predicted octanol–water partition coefficient (Wildman–Crippen LogP) is 2.74. The van der Waals surface area contributed by atoms with Gasteiger partial charge in [-0.2, -0.15) is 0 Å². The Balaban J connectivity index is 2.24. The number of benzene rings is 1. The molecule has 1 aromatic carbocycles. The SMILES string of the molecule is Cc1ccc(C)c(C2OCCCO2)c1. The van der Waals surface area contributed by atoms with Gasteiger partial charge in [-0.25, -0.2) is 0 Å². The van der Waals surface area contributed by atoms with Gasteiger partial charge in [0, 0.05) is 5.56 Å². The average molecular weight is 192 g/mol. The maximum atomic E-state index is 5.58. The van der Waals surface area contributed by atoms with E-state index in [2.05, 4.69) is 32.0 Å².